The Balaban J connectivity index is 1.69. The number of sulfonamides is 1. The molecule has 0 saturated heterocycles. The molecule has 1 aliphatic carbocycles. The van der Waals surface area contributed by atoms with Crippen molar-refractivity contribution in [2.24, 2.45) is 17.6 Å². The number of nitrogens with one attached hydrogen (secondary N) is 1. The second-order valence-electron chi connectivity index (χ2n) is 9.27. The van der Waals surface area contributed by atoms with Gasteiger partial charge >= 0.3 is 0 Å². The number of hydrogen-bond donors (Lipinski definition) is 2. The van der Waals surface area contributed by atoms with Crippen LogP contribution in [-0.4, -0.2) is 43.4 Å². The largest absolute Gasteiger partial charge is 0.419 e. The Kier molecular flexibility index (Phi) is 6.58. The van der Waals surface area contributed by atoms with Crippen LogP contribution in [0.5, 0.6) is 0 Å². The molecule has 182 valence electrons. The number of anilines is 2. The van der Waals surface area contributed by atoms with E-state index in [1.807, 2.05) is 37.3 Å². The van der Waals surface area contributed by atoms with E-state index in [1.165, 1.54) is 7.05 Å². The van der Waals surface area contributed by atoms with Gasteiger partial charge in [0.05, 0.1) is 22.4 Å². The van der Waals surface area contributed by atoms with Crippen molar-refractivity contribution < 1.29 is 12.8 Å². The summed E-state index contributed by atoms with van der Waals surface area (Å²) in [5.41, 5.74) is 7.02. The monoisotopic (exact) mass is 504 g/mol. The molecule has 0 amide bonds. The molecule has 0 spiro atoms. The first-order valence-electron chi connectivity index (χ1n) is 11.0. The third-order valence-electron chi connectivity index (χ3n) is 6.12. The summed E-state index contributed by atoms with van der Waals surface area (Å²) < 4.78 is 31.4. The molecule has 2 unspecified atom stereocenters. The van der Waals surface area contributed by atoms with Gasteiger partial charge < -0.3 is 15.5 Å². The molecule has 0 aliphatic heterocycles. The lowest BCUT2D eigenvalue weighted by atomic mass is 9.94. The topological polar surface area (TPSA) is 127 Å². The molecular weight excluding hydrogens is 476 g/mol. The molecule has 1 aromatic carbocycles. The molecule has 9 nitrogen and oxygen atoms in total. The molecule has 2 aromatic heterocycles. The maximum absolute atomic E-state index is 12.2. The molecular formula is C23H29ClN6O3S. The SMILES string of the molecule is CC1CC1CNc1cc(-c2nnc([C@](C)(N)Cc3ccccc3)o2)c(Cl)c(N(C)S(C)(=O)=O)n1. The lowest BCUT2D eigenvalue weighted by molar-refractivity contribution is 0.355. The van der Waals surface area contributed by atoms with Gasteiger partial charge in [-0.25, -0.2) is 13.4 Å². The van der Waals surface area contributed by atoms with E-state index in [0.29, 0.717) is 29.6 Å². The van der Waals surface area contributed by atoms with Crippen LogP contribution in [0.1, 0.15) is 31.7 Å². The first-order valence-corrected chi connectivity index (χ1v) is 13.2. The van der Waals surface area contributed by atoms with Gasteiger partial charge in [0.1, 0.15) is 5.82 Å². The third kappa shape index (κ3) is 5.34. The van der Waals surface area contributed by atoms with E-state index in [9.17, 15) is 8.42 Å². The fourth-order valence-corrected chi connectivity index (χ4v) is 4.51. The zero-order chi connectivity index (χ0) is 24.7. The number of halogens is 1. The van der Waals surface area contributed by atoms with E-state index < -0.39 is 15.6 Å². The zero-order valence-electron chi connectivity index (χ0n) is 19.6. The second-order valence-corrected chi connectivity index (χ2v) is 11.7. The molecule has 0 radical (unpaired) electrons. The summed E-state index contributed by atoms with van der Waals surface area (Å²) in [5.74, 6) is 2.15. The number of hydrogen-bond acceptors (Lipinski definition) is 8. The number of nitrogens with zero attached hydrogens (tertiary/aromatic N) is 4. The van der Waals surface area contributed by atoms with E-state index in [-0.39, 0.29) is 22.6 Å². The highest BCUT2D eigenvalue weighted by atomic mass is 35.5. The van der Waals surface area contributed by atoms with Gasteiger partial charge in [0.2, 0.25) is 21.8 Å². The van der Waals surface area contributed by atoms with Crippen LogP contribution >= 0.6 is 11.6 Å². The van der Waals surface area contributed by atoms with Crippen LogP contribution < -0.4 is 15.4 Å². The summed E-state index contributed by atoms with van der Waals surface area (Å²) in [6, 6.07) is 11.5. The van der Waals surface area contributed by atoms with Gasteiger partial charge in [-0.05, 0) is 43.2 Å². The average molecular weight is 505 g/mol. The van der Waals surface area contributed by atoms with Crippen LogP contribution in [-0.2, 0) is 22.0 Å². The van der Waals surface area contributed by atoms with Gasteiger partial charge in [-0.3, -0.25) is 4.31 Å². The van der Waals surface area contributed by atoms with Crippen molar-refractivity contribution in [3.63, 3.8) is 0 Å². The van der Waals surface area contributed by atoms with Crippen LogP contribution in [0, 0.1) is 11.8 Å². The maximum Gasteiger partial charge on any atom is 0.249 e. The fourth-order valence-electron chi connectivity index (χ4n) is 3.71. The van der Waals surface area contributed by atoms with Crippen LogP contribution in [0.2, 0.25) is 5.02 Å². The predicted octanol–water partition coefficient (Wildman–Crippen LogP) is 3.67. The summed E-state index contributed by atoms with van der Waals surface area (Å²) in [6.45, 7) is 4.73. The lowest BCUT2D eigenvalue weighted by Crippen LogP contribution is -2.35. The van der Waals surface area contributed by atoms with Crippen LogP contribution in [0.3, 0.4) is 0 Å². The second kappa shape index (κ2) is 9.16. The van der Waals surface area contributed by atoms with E-state index in [4.69, 9.17) is 21.8 Å². The highest BCUT2D eigenvalue weighted by Gasteiger charge is 2.33. The van der Waals surface area contributed by atoms with E-state index in [2.05, 4.69) is 27.4 Å². The summed E-state index contributed by atoms with van der Waals surface area (Å²) in [4.78, 5) is 4.45. The van der Waals surface area contributed by atoms with Crippen LogP contribution in [0.25, 0.3) is 11.5 Å². The van der Waals surface area contributed by atoms with Crippen molar-refractivity contribution in [2.45, 2.75) is 32.2 Å². The quantitative estimate of drug-likeness (QED) is 0.452. The maximum atomic E-state index is 12.2. The molecule has 3 N–H and O–H groups in total. The molecule has 3 atom stereocenters. The molecule has 34 heavy (non-hydrogen) atoms. The summed E-state index contributed by atoms with van der Waals surface area (Å²) in [7, 11) is -2.20. The Hall–Kier alpha value is -2.69. The first kappa shape index (κ1) is 24.4. The Bertz CT molecular complexity index is 1280. The Morgan fingerprint density at radius 2 is 1.97 bits per heavy atom. The molecule has 0 bridgehead atoms. The van der Waals surface area contributed by atoms with Crippen LogP contribution in [0.4, 0.5) is 11.6 Å². The standard InChI is InChI=1S/C23H29ClN6O3S/c1-14-10-16(14)13-26-18-11-17(19(24)20(27-18)30(3)34(4,31)32)21-28-29-22(33-21)23(2,25)12-15-8-6-5-7-9-15/h5-9,11,14,16H,10,12-13,25H2,1-4H3,(H,26,27)/t14?,16?,23-/m1/s1. The van der Waals surface area contributed by atoms with Crippen LogP contribution in [0.15, 0.2) is 40.8 Å². The first-order chi connectivity index (χ1) is 16.0. The number of benzene rings is 1. The molecule has 3 aromatic rings. The summed E-state index contributed by atoms with van der Waals surface area (Å²) in [6.07, 6.45) is 2.73. The van der Waals surface area contributed by atoms with E-state index in [1.54, 1.807) is 6.07 Å². The van der Waals surface area contributed by atoms with E-state index >= 15 is 0 Å². The number of rotatable bonds is 9. The predicted molar refractivity (Wildman–Crippen MR) is 133 cm³/mol. The van der Waals surface area contributed by atoms with Crippen molar-refractivity contribution in [2.75, 3.05) is 29.5 Å². The average Bonchev–Trinajstić information content (AvgIpc) is 3.25. The summed E-state index contributed by atoms with van der Waals surface area (Å²) >= 11 is 6.61. The molecule has 2 heterocycles. The molecule has 1 saturated carbocycles. The smallest absolute Gasteiger partial charge is 0.249 e. The lowest BCUT2D eigenvalue weighted by Gasteiger charge is -2.20. The highest BCUT2D eigenvalue weighted by Crippen LogP contribution is 2.40. The third-order valence-corrected chi connectivity index (χ3v) is 7.66. The number of aromatic nitrogens is 3. The Labute approximate surface area is 204 Å². The Morgan fingerprint density at radius 3 is 2.59 bits per heavy atom. The van der Waals surface area contributed by atoms with Crippen molar-refractivity contribution in [3.05, 3.63) is 52.9 Å². The van der Waals surface area contributed by atoms with Gasteiger partial charge in [0.25, 0.3) is 0 Å². The zero-order valence-corrected chi connectivity index (χ0v) is 21.2. The van der Waals surface area contributed by atoms with Gasteiger partial charge in [-0.15, -0.1) is 10.2 Å². The van der Waals surface area contributed by atoms with Gasteiger partial charge in [0, 0.05) is 13.6 Å². The fraction of sp³-hybridized carbons (Fsp3) is 0.435. The molecule has 4 rings (SSSR count). The molecule has 11 heteroatoms. The minimum atomic E-state index is -3.60. The highest BCUT2D eigenvalue weighted by molar-refractivity contribution is 7.92. The number of nitrogens with two attached hydrogens (primary N) is 1. The minimum absolute atomic E-state index is 0.0764. The normalized spacial score (nSPS) is 19.5. The number of pyridine rings is 1. The Morgan fingerprint density at radius 1 is 1.29 bits per heavy atom. The van der Waals surface area contributed by atoms with Crippen molar-refractivity contribution in [1.82, 2.24) is 15.2 Å². The van der Waals surface area contributed by atoms with Gasteiger partial charge in [-0.2, -0.15) is 0 Å². The minimum Gasteiger partial charge on any atom is -0.419 e. The molecule has 1 fully saturated rings. The van der Waals surface area contributed by atoms with E-state index in [0.717, 1.165) is 29.1 Å². The van der Waals surface area contributed by atoms with Gasteiger partial charge in [0.15, 0.2) is 5.82 Å². The van der Waals surface area contributed by atoms with Crippen molar-refractivity contribution in [3.8, 4) is 11.5 Å². The van der Waals surface area contributed by atoms with Gasteiger partial charge in [-0.1, -0.05) is 48.9 Å². The van der Waals surface area contributed by atoms with Crippen molar-refractivity contribution in [1.29, 1.82) is 0 Å². The van der Waals surface area contributed by atoms with Crippen molar-refractivity contribution >= 4 is 33.3 Å². The summed E-state index contributed by atoms with van der Waals surface area (Å²) in [5, 5.41) is 11.7. The molecule has 1 aliphatic rings.